The maximum Gasteiger partial charge on any atom is 0.133 e. The molecular formula is C10H11BrN2O. The summed E-state index contributed by atoms with van der Waals surface area (Å²) in [5.41, 5.74) is 6.72. The summed E-state index contributed by atoms with van der Waals surface area (Å²) in [5, 5.41) is 8.54. The van der Waals surface area contributed by atoms with Crippen LogP contribution in [0.3, 0.4) is 0 Å². The van der Waals surface area contributed by atoms with Gasteiger partial charge in [-0.25, -0.2) is 0 Å². The van der Waals surface area contributed by atoms with Gasteiger partial charge in [0.25, 0.3) is 0 Å². The van der Waals surface area contributed by atoms with Crippen LogP contribution in [0.15, 0.2) is 22.7 Å². The molecule has 0 heterocycles. The number of methoxy groups -OCH3 is 1. The van der Waals surface area contributed by atoms with Crippen molar-refractivity contribution in [3.8, 4) is 11.8 Å². The van der Waals surface area contributed by atoms with Crippen molar-refractivity contribution < 1.29 is 4.74 Å². The molecule has 1 rings (SSSR count). The van der Waals surface area contributed by atoms with Crippen LogP contribution in [0.4, 0.5) is 0 Å². The van der Waals surface area contributed by atoms with E-state index < -0.39 is 0 Å². The predicted octanol–water partition coefficient (Wildman–Crippen LogP) is 2.37. The minimum atomic E-state index is -0.274. The highest BCUT2D eigenvalue weighted by atomic mass is 79.9. The summed E-state index contributed by atoms with van der Waals surface area (Å²) in [5.74, 6) is 0.732. The zero-order valence-electron chi connectivity index (χ0n) is 7.83. The van der Waals surface area contributed by atoms with Crippen LogP contribution in [0, 0.1) is 11.3 Å². The fraction of sp³-hybridized carbons (Fsp3) is 0.300. The van der Waals surface area contributed by atoms with Crippen LogP contribution < -0.4 is 10.5 Å². The second-order valence-electron chi connectivity index (χ2n) is 2.83. The average molecular weight is 255 g/mol. The standard InChI is InChI=1S/C10H11BrN2O/c1-14-9-4-2-3-7(10(9)11)8(13)5-6-12/h2-4,8H,5,13H2,1H3/t8-/m0/s1. The fourth-order valence-electron chi connectivity index (χ4n) is 1.18. The van der Waals surface area contributed by atoms with E-state index in [1.165, 1.54) is 0 Å². The van der Waals surface area contributed by atoms with Crippen molar-refractivity contribution in [1.82, 2.24) is 0 Å². The van der Waals surface area contributed by atoms with Gasteiger partial charge in [-0.1, -0.05) is 12.1 Å². The Hall–Kier alpha value is -1.05. The maximum atomic E-state index is 8.54. The molecule has 14 heavy (non-hydrogen) atoms. The van der Waals surface area contributed by atoms with Crippen LogP contribution in [0.1, 0.15) is 18.0 Å². The molecular weight excluding hydrogens is 244 g/mol. The Balaban J connectivity index is 3.04. The van der Waals surface area contributed by atoms with Gasteiger partial charge in [-0.3, -0.25) is 0 Å². The quantitative estimate of drug-likeness (QED) is 0.901. The lowest BCUT2D eigenvalue weighted by atomic mass is 10.1. The largest absolute Gasteiger partial charge is 0.496 e. The van der Waals surface area contributed by atoms with Crippen molar-refractivity contribution in [1.29, 1.82) is 5.26 Å². The van der Waals surface area contributed by atoms with Gasteiger partial charge >= 0.3 is 0 Å². The third kappa shape index (κ3) is 2.25. The Morgan fingerprint density at radius 2 is 2.36 bits per heavy atom. The lowest BCUT2D eigenvalue weighted by Crippen LogP contribution is -2.10. The number of rotatable bonds is 3. The Labute approximate surface area is 91.6 Å². The zero-order valence-corrected chi connectivity index (χ0v) is 9.41. The van der Waals surface area contributed by atoms with Gasteiger partial charge in [0.1, 0.15) is 5.75 Å². The van der Waals surface area contributed by atoms with Gasteiger partial charge in [0.05, 0.1) is 24.1 Å². The summed E-state index contributed by atoms with van der Waals surface area (Å²) < 4.78 is 5.95. The van der Waals surface area contributed by atoms with E-state index in [0.29, 0.717) is 6.42 Å². The molecule has 2 N–H and O–H groups in total. The highest BCUT2D eigenvalue weighted by Gasteiger charge is 2.12. The Morgan fingerprint density at radius 3 is 2.93 bits per heavy atom. The van der Waals surface area contributed by atoms with Crippen LogP contribution >= 0.6 is 15.9 Å². The summed E-state index contributed by atoms with van der Waals surface area (Å²) in [4.78, 5) is 0. The maximum absolute atomic E-state index is 8.54. The van der Waals surface area contributed by atoms with Gasteiger partial charge in [0.15, 0.2) is 0 Å². The van der Waals surface area contributed by atoms with Crippen molar-refractivity contribution in [3.05, 3.63) is 28.2 Å². The zero-order chi connectivity index (χ0) is 10.6. The van der Waals surface area contributed by atoms with Crippen molar-refractivity contribution in [2.75, 3.05) is 7.11 Å². The van der Waals surface area contributed by atoms with E-state index in [-0.39, 0.29) is 6.04 Å². The molecule has 0 aliphatic rings. The van der Waals surface area contributed by atoms with Gasteiger partial charge in [-0.15, -0.1) is 0 Å². The number of nitriles is 1. The van der Waals surface area contributed by atoms with Crippen LogP contribution in [0.2, 0.25) is 0 Å². The van der Waals surface area contributed by atoms with Gasteiger partial charge in [0, 0.05) is 6.04 Å². The molecule has 0 fully saturated rings. The molecule has 0 saturated heterocycles. The van der Waals surface area contributed by atoms with Crippen LogP contribution in [-0.2, 0) is 0 Å². The normalized spacial score (nSPS) is 11.9. The molecule has 4 heteroatoms. The molecule has 1 aromatic carbocycles. The number of nitrogens with two attached hydrogens (primary N) is 1. The smallest absolute Gasteiger partial charge is 0.133 e. The third-order valence-electron chi connectivity index (χ3n) is 1.92. The molecule has 0 spiro atoms. The number of ether oxygens (including phenoxy) is 1. The molecule has 1 atom stereocenters. The van der Waals surface area contributed by atoms with Crippen molar-refractivity contribution >= 4 is 15.9 Å². The molecule has 0 unspecified atom stereocenters. The fourth-order valence-corrected chi connectivity index (χ4v) is 1.90. The predicted molar refractivity (Wildman–Crippen MR) is 57.9 cm³/mol. The van der Waals surface area contributed by atoms with Gasteiger partial charge in [0.2, 0.25) is 0 Å². The van der Waals surface area contributed by atoms with E-state index in [0.717, 1.165) is 15.8 Å². The number of hydrogen-bond acceptors (Lipinski definition) is 3. The first-order chi connectivity index (χ1) is 6.70. The second kappa shape index (κ2) is 4.99. The number of benzene rings is 1. The summed E-state index contributed by atoms with van der Waals surface area (Å²) in [6.07, 6.45) is 0.297. The number of nitrogens with zero attached hydrogens (tertiary/aromatic N) is 1. The van der Waals surface area contributed by atoms with E-state index in [9.17, 15) is 0 Å². The first-order valence-electron chi connectivity index (χ1n) is 4.15. The lowest BCUT2D eigenvalue weighted by molar-refractivity contribution is 0.411. The molecule has 0 aliphatic heterocycles. The minimum absolute atomic E-state index is 0.274. The highest BCUT2D eigenvalue weighted by Crippen LogP contribution is 2.32. The molecule has 3 nitrogen and oxygen atoms in total. The van der Waals surface area contributed by atoms with Crippen LogP contribution in [0.5, 0.6) is 5.75 Å². The van der Waals surface area contributed by atoms with E-state index in [2.05, 4.69) is 15.9 Å². The Bertz CT molecular complexity index is 360. The monoisotopic (exact) mass is 254 g/mol. The van der Waals surface area contributed by atoms with E-state index in [4.69, 9.17) is 15.7 Å². The molecule has 0 aromatic heterocycles. The number of halogens is 1. The molecule has 0 aliphatic carbocycles. The molecule has 0 bridgehead atoms. The Morgan fingerprint density at radius 1 is 1.64 bits per heavy atom. The van der Waals surface area contributed by atoms with E-state index >= 15 is 0 Å². The third-order valence-corrected chi connectivity index (χ3v) is 2.77. The van der Waals surface area contributed by atoms with Gasteiger partial charge in [-0.05, 0) is 27.6 Å². The topological polar surface area (TPSA) is 59.0 Å². The molecule has 0 saturated carbocycles. The first kappa shape index (κ1) is 11.0. The van der Waals surface area contributed by atoms with E-state index in [1.807, 2.05) is 24.3 Å². The van der Waals surface area contributed by atoms with Crippen LogP contribution in [0.25, 0.3) is 0 Å². The summed E-state index contributed by atoms with van der Waals surface area (Å²) in [6.45, 7) is 0. The van der Waals surface area contributed by atoms with Crippen molar-refractivity contribution in [2.45, 2.75) is 12.5 Å². The summed E-state index contributed by atoms with van der Waals surface area (Å²) >= 11 is 3.40. The second-order valence-corrected chi connectivity index (χ2v) is 3.63. The molecule has 0 amide bonds. The summed E-state index contributed by atoms with van der Waals surface area (Å²) in [6, 6.07) is 7.35. The van der Waals surface area contributed by atoms with Gasteiger partial charge < -0.3 is 10.5 Å². The first-order valence-corrected chi connectivity index (χ1v) is 4.95. The summed E-state index contributed by atoms with van der Waals surface area (Å²) in [7, 11) is 1.60. The molecule has 74 valence electrons. The Kier molecular flexibility index (Phi) is 3.93. The highest BCUT2D eigenvalue weighted by molar-refractivity contribution is 9.10. The van der Waals surface area contributed by atoms with Crippen molar-refractivity contribution in [2.24, 2.45) is 5.73 Å². The average Bonchev–Trinajstić information content (AvgIpc) is 2.18. The van der Waals surface area contributed by atoms with E-state index in [1.54, 1.807) is 7.11 Å². The minimum Gasteiger partial charge on any atom is -0.496 e. The van der Waals surface area contributed by atoms with Gasteiger partial charge in [-0.2, -0.15) is 5.26 Å². The van der Waals surface area contributed by atoms with Crippen molar-refractivity contribution in [3.63, 3.8) is 0 Å². The van der Waals surface area contributed by atoms with Crippen LogP contribution in [-0.4, -0.2) is 7.11 Å². The number of hydrogen-bond donors (Lipinski definition) is 1. The molecule has 1 aromatic rings. The SMILES string of the molecule is COc1cccc([C@@H](N)CC#N)c1Br. The molecule has 0 radical (unpaired) electrons. The lowest BCUT2D eigenvalue weighted by Gasteiger charge is -2.12.